The Hall–Kier alpha value is -2.04. The number of anilines is 2. The average Bonchev–Trinajstić information content (AvgIpc) is 2.64. The van der Waals surface area contributed by atoms with E-state index in [-0.39, 0.29) is 11.9 Å². The Morgan fingerprint density at radius 3 is 2.52 bits per heavy atom. The van der Waals surface area contributed by atoms with E-state index in [1.807, 2.05) is 49.4 Å². The molecule has 1 aliphatic heterocycles. The largest absolute Gasteiger partial charge is 0.360 e. The Balaban J connectivity index is 1.58. The molecular weight excluding hydrogens is 334 g/mol. The highest BCUT2D eigenvalue weighted by molar-refractivity contribution is 6.30. The van der Waals surface area contributed by atoms with Crippen molar-refractivity contribution < 1.29 is 9.69 Å². The van der Waals surface area contributed by atoms with Crippen LogP contribution in [0.2, 0.25) is 5.02 Å². The Bertz CT molecular complexity index is 727. The number of nitrogens with one attached hydrogen (secondary N) is 2. The number of aryl methyl sites for hydroxylation is 1. The van der Waals surface area contributed by atoms with Crippen molar-refractivity contribution >= 4 is 28.9 Å². The SMILES string of the molecule is Cc1ccc(Cl)cc1N1CC[NH+]([C@H](C)C(=O)Nc2ccccc2)CC1. The average molecular weight is 359 g/mol. The molecule has 2 aromatic carbocycles. The van der Waals surface area contributed by atoms with Gasteiger partial charge in [-0.3, -0.25) is 4.79 Å². The number of halogens is 1. The number of piperazine rings is 1. The van der Waals surface area contributed by atoms with Gasteiger partial charge in [0.05, 0.1) is 26.2 Å². The highest BCUT2D eigenvalue weighted by Gasteiger charge is 2.29. The van der Waals surface area contributed by atoms with Gasteiger partial charge in [-0.1, -0.05) is 35.9 Å². The summed E-state index contributed by atoms with van der Waals surface area (Å²) in [5.74, 6) is 0.0774. The summed E-state index contributed by atoms with van der Waals surface area (Å²) < 4.78 is 0. The molecule has 1 amide bonds. The lowest BCUT2D eigenvalue weighted by Gasteiger charge is -2.36. The number of carbonyl (C=O) groups is 1. The number of para-hydroxylation sites is 1. The predicted molar refractivity (Wildman–Crippen MR) is 104 cm³/mol. The molecule has 1 fully saturated rings. The lowest BCUT2D eigenvalue weighted by Crippen LogP contribution is -3.19. The molecule has 1 saturated heterocycles. The van der Waals surface area contributed by atoms with Gasteiger partial charge in [-0.2, -0.15) is 0 Å². The van der Waals surface area contributed by atoms with Crippen LogP contribution >= 0.6 is 11.6 Å². The minimum absolute atomic E-state index is 0.0668. The molecule has 2 N–H and O–H groups in total. The summed E-state index contributed by atoms with van der Waals surface area (Å²) in [6.07, 6.45) is 0. The van der Waals surface area contributed by atoms with Crippen LogP contribution < -0.4 is 15.1 Å². The number of carbonyl (C=O) groups excluding carboxylic acids is 1. The minimum atomic E-state index is -0.0668. The van der Waals surface area contributed by atoms with Crippen molar-refractivity contribution in [2.45, 2.75) is 19.9 Å². The lowest BCUT2D eigenvalue weighted by molar-refractivity contribution is -0.914. The van der Waals surface area contributed by atoms with E-state index in [4.69, 9.17) is 11.6 Å². The van der Waals surface area contributed by atoms with E-state index in [1.54, 1.807) is 0 Å². The maximum Gasteiger partial charge on any atom is 0.282 e. The predicted octanol–water partition coefficient (Wildman–Crippen LogP) is 2.38. The van der Waals surface area contributed by atoms with E-state index in [0.717, 1.165) is 36.9 Å². The molecule has 25 heavy (non-hydrogen) atoms. The summed E-state index contributed by atoms with van der Waals surface area (Å²) in [5, 5.41) is 3.78. The van der Waals surface area contributed by atoms with Crippen LogP contribution in [-0.2, 0) is 4.79 Å². The molecular formula is C20H25ClN3O+. The van der Waals surface area contributed by atoms with Crippen LogP contribution in [0, 0.1) is 6.92 Å². The molecule has 0 aliphatic carbocycles. The van der Waals surface area contributed by atoms with Gasteiger partial charge in [-0.15, -0.1) is 0 Å². The normalized spacial score (nSPS) is 16.5. The third-order valence-electron chi connectivity index (χ3n) is 4.96. The molecule has 5 heteroatoms. The maximum absolute atomic E-state index is 12.5. The fourth-order valence-electron chi connectivity index (χ4n) is 3.35. The van der Waals surface area contributed by atoms with Crippen molar-refractivity contribution in [3.63, 3.8) is 0 Å². The van der Waals surface area contributed by atoms with Crippen molar-refractivity contribution in [2.24, 2.45) is 0 Å². The summed E-state index contributed by atoms with van der Waals surface area (Å²) in [7, 11) is 0. The third kappa shape index (κ3) is 4.33. The summed E-state index contributed by atoms with van der Waals surface area (Å²) in [6, 6.07) is 15.6. The van der Waals surface area contributed by atoms with Gasteiger partial charge >= 0.3 is 0 Å². The molecule has 1 aliphatic rings. The Labute approximate surface area is 154 Å². The summed E-state index contributed by atoms with van der Waals surface area (Å²) in [4.78, 5) is 16.2. The van der Waals surface area contributed by atoms with Crippen LogP contribution in [0.1, 0.15) is 12.5 Å². The second kappa shape index (κ2) is 7.89. The second-order valence-corrected chi connectivity index (χ2v) is 7.09. The minimum Gasteiger partial charge on any atom is -0.360 e. The van der Waals surface area contributed by atoms with Crippen LogP contribution in [0.4, 0.5) is 11.4 Å². The topological polar surface area (TPSA) is 36.8 Å². The van der Waals surface area contributed by atoms with Gasteiger partial charge in [0, 0.05) is 16.4 Å². The molecule has 0 saturated carbocycles. The number of nitrogens with zero attached hydrogens (tertiary/aromatic N) is 1. The van der Waals surface area contributed by atoms with E-state index >= 15 is 0 Å². The van der Waals surface area contributed by atoms with Crippen LogP contribution in [-0.4, -0.2) is 38.1 Å². The number of quaternary nitrogens is 1. The third-order valence-corrected chi connectivity index (χ3v) is 5.20. The number of rotatable bonds is 4. The van der Waals surface area contributed by atoms with Gasteiger partial charge in [-0.05, 0) is 43.7 Å². The van der Waals surface area contributed by atoms with Gasteiger partial charge in [0.15, 0.2) is 6.04 Å². The Morgan fingerprint density at radius 1 is 1.16 bits per heavy atom. The molecule has 2 aromatic rings. The summed E-state index contributed by atoms with van der Waals surface area (Å²) >= 11 is 6.15. The lowest BCUT2D eigenvalue weighted by atomic mass is 10.1. The van der Waals surface area contributed by atoms with E-state index < -0.39 is 0 Å². The first-order valence-corrected chi connectivity index (χ1v) is 9.14. The van der Waals surface area contributed by atoms with Gasteiger partial charge in [0.2, 0.25) is 0 Å². The van der Waals surface area contributed by atoms with Gasteiger partial charge < -0.3 is 15.1 Å². The first-order valence-electron chi connectivity index (χ1n) is 8.76. The second-order valence-electron chi connectivity index (χ2n) is 6.65. The molecule has 4 nitrogen and oxygen atoms in total. The smallest absolute Gasteiger partial charge is 0.282 e. The highest BCUT2D eigenvalue weighted by Crippen LogP contribution is 2.24. The van der Waals surface area contributed by atoms with E-state index in [2.05, 4.69) is 23.2 Å². The van der Waals surface area contributed by atoms with Crippen LogP contribution in [0.3, 0.4) is 0 Å². The van der Waals surface area contributed by atoms with Crippen LogP contribution in [0.25, 0.3) is 0 Å². The molecule has 0 radical (unpaired) electrons. The van der Waals surface area contributed by atoms with Crippen molar-refractivity contribution in [1.29, 1.82) is 0 Å². The first-order chi connectivity index (χ1) is 12.0. The monoisotopic (exact) mass is 358 g/mol. The number of hydrogen-bond acceptors (Lipinski definition) is 2. The first kappa shape index (κ1) is 17.8. The number of benzene rings is 2. The maximum atomic E-state index is 12.5. The standard InChI is InChI=1S/C20H24ClN3O/c1-15-8-9-17(21)14-19(15)24-12-10-23(11-13-24)16(2)20(25)22-18-6-4-3-5-7-18/h3-9,14,16H,10-13H2,1-2H3,(H,22,25)/p+1/t16-/m1/s1. The van der Waals surface area contributed by atoms with Crippen molar-refractivity contribution in [3.8, 4) is 0 Å². The van der Waals surface area contributed by atoms with Gasteiger partial charge in [0.1, 0.15) is 0 Å². The summed E-state index contributed by atoms with van der Waals surface area (Å²) in [5.41, 5.74) is 3.29. The highest BCUT2D eigenvalue weighted by atomic mass is 35.5. The van der Waals surface area contributed by atoms with Crippen molar-refractivity contribution in [3.05, 3.63) is 59.1 Å². The molecule has 1 heterocycles. The zero-order valence-electron chi connectivity index (χ0n) is 14.8. The van der Waals surface area contributed by atoms with Crippen LogP contribution in [0.15, 0.2) is 48.5 Å². The Kier molecular flexibility index (Phi) is 5.61. The van der Waals surface area contributed by atoms with Crippen LogP contribution in [0.5, 0.6) is 0 Å². The van der Waals surface area contributed by atoms with Crippen molar-refractivity contribution in [1.82, 2.24) is 0 Å². The van der Waals surface area contributed by atoms with Gasteiger partial charge in [-0.25, -0.2) is 0 Å². The Morgan fingerprint density at radius 2 is 1.84 bits per heavy atom. The molecule has 132 valence electrons. The van der Waals surface area contributed by atoms with E-state index in [1.165, 1.54) is 16.2 Å². The van der Waals surface area contributed by atoms with Crippen molar-refractivity contribution in [2.75, 3.05) is 36.4 Å². The van der Waals surface area contributed by atoms with E-state index in [0.29, 0.717) is 0 Å². The number of amides is 1. The molecule has 0 spiro atoms. The molecule has 3 rings (SSSR count). The van der Waals surface area contributed by atoms with Gasteiger partial charge in [0.25, 0.3) is 5.91 Å². The molecule has 0 unspecified atom stereocenters. The zero-order valence-corrected chi connectivity index (χ0v) is 15.5. The molecule has 1 atom stereocenters. The quantitative estimate of drug-likeness (QED) is 0.880. The fraction of sp³-hybridized carbons (Fsp3) is 0.350. The summed E-state index contributed by atoms with van der Waals surface area (Å²) in [6.45, 7) is 7.86. The molecule has 0 bridgehead atoms. The molecule has 0 aromatic heterocycles. The van der Waals surface area contributed by atoms with E-state index in [9.17, 15) is 4.79 Å². The number of hydrogen-bond donors (Lipinski definition) is 2. The fourth-order valence-corrected chi connectivity index (χ4v) is 3.51. The zero-order chi connectivity index (χ0) is 17.8.